The molecule has 1 fully saturated rings. The largest absolute Gasteiger partial charge is 0.387 e. The number of anilines is 1. The van der Waals surface area contributed by atoms with E-state index in [4.69, 9.17) is 11.6 Å². The van der Waals surface area contributed by atoms with Gasteiger partial charge in [-0.25, -0.2) is 0 Å². The third-order valence-electron chi connectivity index (χ3n) is 4.33. The van der Waals surface area contributed by atoms with E-state index in [1.54, 1.807) is 12.1 Å². The van der Waals surface area contributed by atoms with E-state index in [-0.39, 0.29) is 11.1 Å². The summed E-state index contributed by atoms with van der Waals surface area (Å²) in [5, 5.41) is 18.4. The van der Waals surface area contributed by atoms with Gasteiger partial charge in [0.1, 0.15) is 0 Å². The summed E-state index contributed by atoms with van der Waals surface area (Å²) in [6, 6.07) is 15.1. The molecular weight excluding hydrogens is 398 g/mol. The SMILES string of the molecule is O=C1NC(=O)C(Nc2ccc(CCCNCC(O)c3cccc(Cl)c3)cc2)S1. The molecule has 1 aliphatic heterocycles. The van der Waals surface area contributed by atoms with Gasteiger partial charge in [-0.05, 0) is 66.5 Å². The number of aryl methyl sites for hydroxylation is 1. The summed E-state index contributed by atoms with van der Waals surface area (Å²) >= 11 is 6.89. The first-order valence-corrected chi connectivity index (χ1v) is 10.3. The molecule has 4 N–H and O–H groups in total. The Hall–Kier alpha value is -2.06. The van der Waals surface area contributed by atoms with Crippen LogP contribution in [0.15, 0.2) is 48.5 Å². The molecule has 0 bridgehead atoms. The van der Waals surface area contributed by atoms with E-state index in [9.17, 15) is 14.7 Å². The average Bonchev–Trinajstić information content (AvgIpc) is 2.99. The lowest BCUT2D eigenvalue weighted by molar-refractivity contribution is -0.118. The number of carbonyl (C=O) groups is 2. The Morgan fingerprint density at radius 1 is 1.18 bits per heavy atom. The molecule has 2 amide bonds. The Balaban J connectivity index is 1.36. The van der Waals surface area contributed by atoms with Gasteiger partial charge in [0.15, 0.2) is 5.37 Å². The number of aliphatic hydroxyl groups is 1. The fourth-order valence-electron chi connectivity index (χ4n) is 2.86. The Morgan fingerprint density at radius 3 is 2.64 bits per heavy atom. The second-order valence-electron chi connectivity index (χ2n) is 6.49. The maximum atomic E-state index is 11.6. The van der Waals surface area contributed by atoms with Crippen LogP contribution < -0.4 is 16.0 Å². The summed E-state index contributed by atoms with van der Waals surface area (Å²) in [6.45, 7) is 1.27. The molecule has 8 heteroatoms. The molecule has 0 spiro atoms. The Labute approximate surface area is 173 Å². The second kappa shape index (κ2) is 9.93. The van der Waals surface area contributed by atoms with E-state index < -0.39 is 11.5 Å². The van der Waals surface area contributed by atoms with Crippen molar-refractivity contribution in [3.8, 4) is 0 Å². The van der Waals surface area contributed by atoms with Gasteiger partial charge in [0.25, 0.3) is 11.1 Å². The van der Waals surface area contributed by atoms with Crippen molar-refractivity contribution in [3.05, 3.63) is 64.7 Å². The number of nitrogens with one attached hydrogen (secondary N) is 3. The average molecular weight is 420 g/mol. The Kier molecular flexibility index (Phi) is 7.33. The molecule has 2 aromatic carbocycles. The second-order valence-corrected chi connectivity index (χ2v) is 8.01. The number of hydrogen-bond donors (Lipinski definition) is 4. The zero-order valence-corrected chi connectivity index (χ0v) is 16.7. The zero-order chi connectivity index (χ0) is 19.9. The van der Waals surface area contributed by atoms with Crippen LogP contribution in [-0.4, -0.2) is 34.7 Å². The summed E-state index contributed by atoms with van der Waals surface area (Å²) in [5.41, 5.74) is 2.79. The lowest BCUT2D eigenvalue weighted by atomic mass is 10.1. The highest BCUT2D eigenvalue weighted by molar-refractivity contribution is 8.15. The van der Waals surface area contributed by atoms with Crippen molar-refractivity contribution in [2.45, 2.75) is 24.3 Å². The van der Waals surface area contributed by atoms with E-state index in [1.165, 1.54) is 5.56 Å². The van der Waals surface area contributed by atoms with Crippen LogP contribution in [0.1, 0.15) is 23.7 Å². The van der Waals surface area contributed by atoms with Crippen LogP contribution in [0.2, 0.25) is 5.02 Å². The number of amides is 2. The maximum absolute atomic E-state index is 11.6. The topological polar surface area (TPSA) is 90.5 Å². The van der Waals surface area contributed by atoms with Gasteiger partial charge >= 0.3 is 0 Å². The van der Waals surface area contributed by atoms with Crippen LogP contribution in [0.25, 0.3) is 0 Å². The smallest absolute Gasteiger partial charge is 0.288 e. The summed E-state index contributed by atoms with van der Waals surface area (Å²) in [6.07, 6.45) is 1.25. The van der Waals surface area contributed by atoms with Crippen molar-refractivity contribution < 1.29 is 14.7 Å². The first-order valence-electron chi connectivity index (χ1n) is 9.02. The minimum Gasteiger partial charge on any atom is -0.387 e. The number of thioether (sulfide) groups is 1. The predicted molar refractivity (Wildman–Crippen MR) is 113 cm³/mol. The number of aliphatic hydroxyl groups excluding tert-OH is 1. The van der Waals surface area contributed by atoms with Gasteiger partial charge in [0, 0.05) is 17.3 Å². The summed E-state index contributed by atoms with van der Waals surface area (Å²) in [5.74, 6) is -0.315. The van der Waals surface area contributed by atoms with Crippen molar-refractivity contribution in [1.29, 1.82) is 0 Å². The molecule has 0 saturated carbocycles. The van der Waals surface area contributed by atoms with Crippen LogP contribution in [0.4, 0.5) is 10.5 Å². The number of rotatable bonds is 9. The van der Waals surface area contributed by atoms with Gasteiger partial charge in [-0.2, -0.15) is 0 Å². The van der Waals surface area contributed by atoms with Crippen LogP contribution in [0.5, 0.6) is 0 Å². The molecule has 0 aliphatic carbocycles. The quantitative estimate of drug-likeness (QED) is 0.466. The fourth-order valence-corrected chi connectivity index (χ4v) is 3.79. The van der Waals surface area contributed by atoms with Crippen molar-refractivity contribution in [1.82, 2.24) is 10.6 Å². The zero-order valence-electron chi connectivity index (χ0n) is 15.2. The monoisotopic (exact) mass is 419 g/mol. The number of halogens is 1. The van der Waals surface area contributed by atoms with Crippen LogP contribution in [0.3, 0.4) is 0 Å². The molecule has 6 nitrogen and oxygen atoms in total. The van der Waals surface area contributed by atoms with E-state index in [1.807, 2.05) is 36.4 Å². The minimum atomic E-state index is -0.582. The molecule has 28 heavy (non-hydrogen) atoms. The molecule has 0 aromatic heterocycles. The van der Waals surface area contributed by atoms with Gasteiger partial charge in [-0.15, -0.1) is 0 Å². The molecule has 1 saturated heterocycles. The van der Waals surface area contributed by atoms with Crippen LogP contribution in [0, 0.1) is 0 Å². The molecule has 1 heterocycles. The lowest BCUT2D eigenvalue weighted by Crippen LogP contribution is -2.29. The van der Waals surface area contributed by atoms with Gasteiger partial charge < -0.3 is 15.7 Å². The molecule has 148 valence electrons. The van der Waals surface area contributed by atoms with Crippen LogP contribution >= 0.6 is 23.4 Å². The molecule has 2 aromatic rings. The Bertz CT molecular complexity index is 832. The van der Waals surface area contributed by atoms with Gasteiger partial charge in [0.05, 0.1) is 6.10 Å². The number of carbonyl (C=O) groups excluding carboxylic acids is 2. The minimum absolute atomic E-state index is 0.315. The molecule has 2 atom stereocenters. The normalized spacial score (nSPS) is 17.4. The van der Waals surface area contributed by atoms with E-state index in [2.05, 4.69) is 16.0 Å². The van der Waals surface area contributed by atoms with Gasteiger partial charge in [0.2, 0.25) is 0 Å². The van der Waals surface area contributed by atoms with Gasteiger partial charge in [-0.1, -0.05) is 35.9 Å². The van der Waals surface area contributed by atoms with Gasteiger partial charge in [-0.3, -0.25) is 14.9 Å². The molecule has 0 radical (unpaired) electrons. The van der Waals surface area contributed by atoms with Crippen molar-refractivity contribution in [2.75, 3.05) is 18.4 Å². The summed E-state index contributed by atoms with van der Waals surface area (Å²) < 4.78 is 0. The molecular formula is C20H22ClN3O3S. The highest BCUT2D eigenvalue weighted by Crippen LogP contribution is 2.22. The lowest BCUT2D eigenvalue weighted by Gasteiger charge is -2.13. The van der Waals surface area contributed by atoms with E-state index in [0.29, 0.717) is 11.6 Å². The summed E-state index contributed by atoms with van der Waals surface area (Å²) in [4.78, 5) is 22.7. The number of imide groups is 1. The highest BCUT2D eigenvalue weighted by Gasteiger charge is 2.31. The van der Waals surface area contributed by atoms with Crippen molar-refractivity contribution in [2.24, 2.45) is 0 Å². The molecule has 3 rings (SSSR count). The van der Waals surface area contributed by atoms with Crippen LogP contribution in [-0.2, 0) is 11.2 Å². The fraction of sp³-hybridized carbons (Fsp3) is 0.300. The van der Waals surface area contributed by atoms with E-state index >= 15 is 0 Å². The Morgan fingerprint density at radius 2 is 1.96 bits per heavy atom. The van der Waals surface area contributed by atoms with Crippen molar-refractivity contribution >= 4 is 40.2 Å². The van der Waals surface area contributed by atoms with E-state index in [0.717, 1.165) is 42.4 Å². The van der Waals surface area contributed by atoms with Crippen molar-refractivity contribution in [3.63, 3.8) is 0 Å². The first kappa shape index (κ1) is 20.7. The standard InChI is InChI=1S/C20H22ClN3O3S/c21-15-5-1-4-14(11-15)17(25)12-22-10-2-3-13-6-8-16(9-7-13)23-19-18(26)24-20(27)28-19/h1,4-9,11,17,19,22-23,25H,2-3,10,12H2,(H,24,26,27). The third kappa shape index (κ3) is 5.97. The maximum Gasteiger partial charge on any atom is 0.288 e. The number of benzene rings is 2. The molecule has 1 aliphatic rings. The molecule has 2 unspecified atom stereocenters. The number of hydrogen-bond acceptors (Lipinski definition) is 6. The summed E-state index contributed by atoms with van der Waals surface area (Å²) in [7, 11) is 0. The third-order valence-corrected chi connectivity index (χ3v) is 5.45. The first-order chi connectivity index (χ1) is 13.5. The predicted octanol–water partition coefficient (Wildman–Crippen LogP) is 3.32. The highest BCUT2D eigenvalue weighted by atomic mass is 35.5.